The summed E-state index contributed by atoms with van der Waals surface area (Å²) in [5.41, 5.74) is 1.25. The van der Waals surface area contributed by atoms with E-state index in [1.165, 1.54) is 0 Å². The molecule has 5 heteroatoms. The maximum Gasteiger partial charge on any atom is 0.337 e. The maximum absolute atomic E-state index is 10.9. The topological polar surface area (TPSA) is 51.5 Å². The summed E-state index contributed by atoms with van der Waals surface area (Å²) in [7, 11) is 1.62. The minimum atomic E-state index is -0.936. The lowest BCUT2D eigenvalue weighted by Crippen LogP contribution is -2.01. The second kappa shape index (κ2) is 5.27. The second-order valence-electron chi connectivity index (χ2n) is 3.80. The average Bonchev–Trinajstić information content (AvgIpc) is 2.72. The molecule has 0 saturated carbocycles. The van der Waals surface area contributed by atoms with Crippen LogP contribution in [0.25, 0.3) is 0 Å². The molecule has 0 amide bonds. The molecule has 0 radical (unpaired) electrons. The van der Waals surface area contributed by atoms with Gasteiger partial charge in [0.05, 0.1) is 23.8 Å². The Morgan fingerprint density at radius 1 is 1.44 bits per heavy atom. The highest BCUT2D eigenvalue weighted by atomic mass is 79.9. The normalized spacial score (nSPS) is 10.3. The van der Waals surface area contributed by atoms with Gasteiger partial charge in [0, 0.05) is 11.8 Å². The lowest BCUT2D eigenvalue weighted by molar-refractivity contribution is 0.0697. The predicted molar refractivity (Wildman–Crippen MR) is 71.2 cm³/mol. The molecule has 0 aliphatic rings. The summed E-state index contributed by atoms with van der Waals surface area (Å²) in [6.45, 7) is 0.553. The fourth-order valence-electron chi connectivity index (χ4n) is 1.73. The van der Waals surface area contributed by atoms with Crippen LogP contribution in [0, 0.1) is 0 Å². The lowest BCUT2D eigenvalue weighted by Gasteiger charge is -2.09. The number of rotatable bonds is 4. The standard InChI is InChI=1S/C13H12BrNO3/c1-18-11-5-3-2-4-9(11)7-15-8-10(13(16)17)6-12(15)14/h2-6,8H,7H2,1H3,(H,16,17). The summed E-state index contributed by atoms with van der Waals surface area (Å²) in [4.78, 5) is 10.9. The van der Waals surface area contributed by atoms with Crippen molar-refractivity contribution < 1.29 is 14.6 Å². The third-order valence-electron chi connectivity index (χ3n) is 2.62. The van der Waals surface area contributed by atoms with Crippen molar-refractivity contribution >= 4 is 21.9 Å². The van der Waals surface area contributed by atoms with Gasteiger partial charge in [-0.05, 0) is 28.1 Å². The zero-order valence-corrected chi connectivity index (χ0v) is 11.3. The van der Waals surface area contributed by atoms with E-state index < -0.39 is 5.97 Å². The van der Waals surface area contributed by atoms with E-state index in [-0.39, 0.29) is 5.56 Å². The fourth-order valence-corrected chi connectivity index (χ4v) is 2.21. The number of hydrogen-bond acceptors (Lipinski definition) is 2. The van der Waals surface area contributed by atoms with Crippen molar-refractivity contribution in [1.82, 2.24) is 4.57 Å². The number of aromatic nitrogens is 1. The number of carbonyl (C=O) groups is 1. The van der Waals surface area contributed by atoms with E-state index >= 15 is 0 Å². The van der Waals surface area contributed by atoms with Gasteiger partial charge in [0.2, 0.25) is 0 Å². The third-order valence-corrected chi connectivity index (χ3v) is 3.31. The number of benzene rings is 1. The van der Waals surface area contributed by atoms with Gasteiger partial charge in [0.25, 0.3) is 0 Å². The van der Waals surface area contributed by atoms with E-state index in [1.807, 2.05) is 28.8 Å². The van der Waals surface area contributed by atoms with Gasteiger partial charge in [-0.3, -0.25) is 0 Å². The van der Waals surface area contributed by atoms with Gasteiger partial charge in [0.1, 0.15) is 5.75 Å². The molecule has 1 aromatic heterocycles. The molecular weight excluding hydrogens is 298 g/mol. The molecular formula is C13H12BrNO3. The van der Waals surface area contributed by atoms with Gasteiger partial charge in [-0.1, -0.05) is 18.2 Å². The quantitative estimate of drug-likeness (QED) is 0.944. The zero-order chi connectivity index (χ0) is 13.1. The summed E-state index contributed by atoms with van der Waals surface area (Å²) >= 11 is 3.35. The Hall–Kier alpha value is -1.75. The van der Waals surface area contributed by atoms with E-state index in [0.29, 0.717) is 6.54 Å². The number of nitrogens with zero attached hydrogens (tertiary/aromatic N) is 1. The number of methoxy groups -OCH3 is 1. The molecule has 0 unspecified atom stereocenters. The number of carboxylic acid groups (broad SMARTS) is 1. The molecule has 0 fully saturated rings. The zero-order valence-electron chi connectivity index (χ0n) is 9.76. The van der Waals surface area contributed by atoms with Crippen LogP contribution in [-0.2, 0) is 6.54 Å². The van der Waals surface area contributed by atoms with Gasteiger partial charge in [-0.2, -0.15) is 0 Å². The number of hydrogen-bond donors (Lipinski definition) is 1. The van der Waals surface area contributed by atoms with E-state index in [2.05, 4.69) is 15.9 Å². The van der Waals surface area contributed by atoms with Gasteiger partial charge in [-0.15, -0.1) is 0 Å². The maximum atomic E-state index is 10.9. The Balaban J connectivity index is 2.31. The van der Waals surface area contributed by atoms with Crippen LogP contribution in [0.3, 0.4) is 0 Å². The first-order valence-electron chi connectivity index (χ1n) is 5.32. The molecule has 0 bridgehead atoms. The number of ether oxygens (including phenoxy) is 1. The Morgan fingerprint density at radius 2 is 2.17 bits per heavy atom. The van der Waals surface area contributed by atoms with Crippen molar-refractivity contribution in [2.45, 2.75) is 6.54 Å². The molecule has 2 rings (SSSR count). The first-order chi connectivity index (χ1) is 8.61. The van der Waals surface area contributed by atoms with Crippen molar-refractivity contribution in [3.05, 3.63) is 52.3 Å². The Kier molecular flexibility index (Phi) is 3.72. The molecule has 0 aliphatic carbocycles. The minimum absolute atomic E-state index is 0.261. The van der Waals surface area contributed by atoms with Crippen LogP contribution in [0.15, 0.2) is 41.1 Å². The molecule has 4 nitrogen and oxygen atoms in total. The minimum Gasteiger partial charge on any atom is -0.496 e. The molecule has 0 atom stereocenters. The summed E-state index contributed by atoms with van der Waals surface area (Å²) in [6.07, 6.45) is 1.60. The number of halogens is 1. The molecule has 0 saturated heterocycles. The monoisotopic (exact) mass is 309 g/mol. The lowest BCUT2D eigenvalue weighted by atomic mass is 10.2. The Bertz CT molecular complexity index is 577. The van der Waals surface area contributed by atoms with E-state index in [4.69, 9.17) is 9.84 Å². The number of carboxylic acids is 1. The van der Waals surface area contributed by atoms with Crippen molar-refractivity contribution in [3.8, 4) is 5.75 Å². The number of para-hydroxylation sites is 1. The molecule has 94 valence electrons. The molecule has 2 aromatic rings. The molecule has 18 heavy (non-hydrogen) atoms. The molecule has 1 heterocycles. The van der Waals surface area contributed by atoms with Gasteiger partial charge < -0.3 is 14.4 Å². The van der Waals surface area contributed by atoms with Crippen LogP contribution in [0.5, 0.6) is 5.75 Å². The molecule has 0 aliphatic heterocycles. The van der Waals surface area contributed by atoms with Crippen LogP contribution in [-0.4, -0.2) is 22.8 Å². The smallest absolute Gasteiger partial charge is 0.337 e. The van der Waals surface area contributed by atoms with Crippen molar-refractivity contribution in [2.24, 2.45) is 0 Å². The van der Waals surface area contributed by atoms with Crippen LogP contribution < -0.4 is 4.74 Å². The fraction of sp³-hybridized carbons (Fsp3) is 0.154. The summed E-state index contributed by atoms with van der Waals surface area (Å²) < 4.78 is 7.82. The van der Waals surface area contributed by atoms with E-state index in [1.54, 1.807) is 19.4 Å². The summed E-state index contributed by atoms with van der Waals surface area (Å²) in [5, 5.41) is 8.93. The van der Waals surface area contributed by atoms with Crippen molar-refractivity contribution in [1.29, 1.82) is 0 Å². The molecule has 1 aromatic carbocycles. The summed E-state index contributed by atoms with van der Waals surface area (Å²) in [6, 6.07) is 9.23. The van der Waals surface area contributed by atoms with Crippen LogP contribution >= 0.6 is 15.9 Å². The molecule has 0 spiro atoms. The third kappa shape index (κ3) is 2.56. The van der Waals surface area contributed by atoms with Gasteiger partial charge in [0.15, 0.2) is 0 Å². The van der Waals surface area contributed by atoms with E-state index in [9.17, 15) is 4.79 Å². The second-order valence-corrected chi connectivity index (χ2v) is 4.61. The predicted octanol–water partition coefficient (Wildman–Crippen LogP) is 3.01. The Labute approximate surface area is 113 Å². The highest BCUT2D eigenvalue weighted by molar-refractivity contribution is 9.10. The number of aromatic carboxylic acids is 1. The first-order valence-corrected chi connectivity index (χ1v) is 6.12. The van der Waals surface area contributed by atoms with Gasteiger partial charge >= 0.3 is 5.97 Å². The van der Waals surface area contributed by atoms with Crippen LogP contribution in [0.4, 0.5) is 0 Å². The van der Waals surface area contributed by atoms with Crippen molar-refractivity contribution in [3.63, 3.8) is 0 Å². The highest BCUT2D eigenvalue weighted by Crippen LogP contribution is 2.22. The average molecular weight is 310 g/mol. The summed E-state index contributed by atoms with van der Waals surface area (Å²) in [5.74, 6) is -0.149. The largest absolute Gasteiger partial charge is 0.496 e. The van der Waals surface area contributed by atoms with Crippen LogP contribution in [0.1, 0.15) is 15.9 Å². The van der Waals surface area contributed by atoms with Crippen molar-refractivity contribution in [2.75, 3.05) is 7.11 Å². The first kappa shape index (κ1) is 12.7. The van der Waals surface area contributed by atoms with Gasteiger partial charge in [-0.25, -0.2) is 4.79 Å². The molecule has 1 N–H and O–H groups in total. The Morgan fingerprint density at radius 3 is 2.78 bits per heavy atom. The SMILES string of the molecule is COc1ccccc1Cn1cc(C(=O)O)cc1Br. The van der Waals surface area contributed by atoms with Crippen LogP contribution in [0.2, 0.25) is 0 Å². The van der Waals surface area contributed by atoms with E-state index in [0.717, 1.165) is 15.9 Å². The highest BCUT2D eigenvalue weighted by Gasteiger charge is 2.11.